The van der Waals surface area contributed by atoms with Gasteiger partial charge in [-0.3, -0.25) is 14.4 Å². The summed E-state index contributed by atoms with van der Waals surface area (Å²) in [6.07, 6.45) is 0. The van der Waals surface area contributed by atoms with Crippen molar-refractivity contribution < 1.29 is 28.3 Å². The lowest BCUT2D eigenvalue weighted by Gasteiger charge is -2.12. The fraction of sp³-hybridized carbons (Fsp3) is 0.176. The molecule has 0 aliphatic heterocycles. The number of benzene rings is 2. The second-order valence-electron chi connectivity index (χ2n) is 4.84. The molecule has 0 saturated heterocycles. The van der Waals surface area contributed by atoms with Crippen molar-refractivity contribution in [1.82, 2.24) is 5.48 Å². The summed E-state index contributed by atoms with van der Waals surface area (Å²) in [6, 6.07) is 9.83. The van der Waals surface area contributed by atoms with Gasteiger partial charge in [-0.2, -0.15) is 0 Å². The van der Waals surface area contributed by atoms with Gasteiger partial charge in [0.25, 0.3) is 11.8 Å². The number of amides is 2. The zero-order valence-electron chi connectivity index (χ0n) is 13.7. The molecule has 7 nitrogen and oxygen atoms in total. The second-order valence-corrected chi connectivity index (χ2v) is 4.84. The number of hydrogen-bond acceptors (Lipinski definition) is 5. The van der Waals surface area contributed by atoms with Crippen LogP contribution in [0.25, 0.3) is 0 Å². The number of anilines is 1. The van der Waals surface area contributed by atoms with Gasteiger partial charge in [0, 0.05) is 11.3 Å². The quantitative estimate of drug-likeness (QED) is 0.749. The molecule has 0 heterocycles. The summed E-state index contributed by atoms with van der Waals surface area (Å²) >= 11 is 0. The highest BCUT2D eigenvalue weighted by molar-refractivity contribution is 5.94. The van der Waals surface area contributed by atoms with E-state index in [-0.39, 0.29) is 6.61 Å². The van der Waals surface area contributed by atoms with Gasteiger partial charge in [0.05, 0.1) is 14.2 Å². The number of rotatable bonds is 7. The topological polar surface area (TPSA) is 85.9 Å². The van der Waals surface area contributed by atoms with Crippen LogP contribution in [-0.4, -0.2) is 32.6 Å². The Balaban J connectivity index is 1.98. The molecule has 2 amide bonds. The van der Waals surface area contributed by atoms with Crippen LogP contribution in [0.4, 0.5) is 10.1 Å². The standard InChI is InChI=1S/C17H17FN2O5/c1-23-15-9-11(17(22)20-24-2)3-8-14(15)25-10-16(21)19-13-6-4-12(18)5-7-13/h3-9H,10H2,1-2H3,(H,19,21)(H,20,22). The Morgan fingerprint density at radius 1 is 1.04 bits per heavy atom. The highest BCUT2D eigenvalue weighted by atomic mass is 19.1. The average molecular weight is 348 g/mol. The molecule has 0 spiro atoms. The minimum atomic E-state index is -0.443. The van der Waals surface area contributed by atoms with Crippen LogP contribution in [0.3, 0.4) is 0 Å². The van der Waals surface area contributed by atoms with E-state index in [1.807, 2.05) is 0 Å². The summed E-state index contributed by atoms with van der Waals surface area (Å²) in [5.41, 5.74) is 2.95. The SMILES string of the molecule is CONC(=O)c1ccc(OCC(=O)Nc2ccc(F)cc2)c(OC)c1. The first-order chi connectivity index (χ1) is 12.0. The minimum absolute atomic E-state index is 0.280. The van der Waals surface area contributed by atoms with E-state index in [4.69, 9.17) is 9.47 Å². The number of methoxy groups -OCH3 is 1. The summed E-state index contributed by atoms with van der Waals surface area (Å²) in [5.74, 6) is -0.670. The highest BCUT2D eigenvalue weighted by Gasteiger charge is 2.12. The fourth-order valence-electron chi connectivity index (χ4n) is 1.95. The molecule has 2 aromatic rings. The van der Waals surface area contributed by atoms with Crippen molar-refractivity contribution in [3.8, 4) is 11.5 Å². The first-order valence-corrected chi connectivity index (χ1v) is 7.23. The Hall–Kier alpha value is -3.13. The molecule has 0 saturated carbocycles. The molecule has 0 fully saturated rings. The average Bonchev–Trinajstić information content (AvgIpc) is 2.62. The van der Waals surface area contributed by atoms with Crippen LogP contribution in [0, 0.1) is 5.82 Å². The molecule has 132 valence electrons. The van der Waals surface area contributed by atoms with Crippen LogP contribution in [0.2, 0.25) is 0 Å². The molecule has 2 rings (SSSR count). The first kappa shape index (κ1) is 18.2. The van der Waals surface area contributed by atoms with Crippen LogP contribution >= 0.6 is 0 Å². The van der Waals surface area contributed by atoms with E-state index in [1.54, 1.807) is 0 Å². The van der Waals surface area contributed by atoms with Crippen molar-refractivity contribution >= 4 is 17.5 Å². The second kappa shape index (κ2) is 8.65. The van der Waals surface area contributed by atoms with E-state index in [1.165, 1.54) is 56.7 Å². The van der Waals surface area contributed by atoms with Crippen molar-refractivity contribution in [3.63, 3.8) is 0 Å². The van der Waals surface area contributed by atoms with E-state index in [0.717, 1.165) is 0 Å². The monoisotopic (exact) mass is 348 g/mol. The maximum absolute atomic E-state index is 12.8. The Kier molecular flexibility index (Phi) is 6.30. The van der Waals surface area contributed by atoms with Gasteiger partial charge < -0.3 is 14.8 Å². The Labute approximate surface area is 143 Å². The zero-order valence-corrected chi connectivity index (χ0v) is 13.7. The smallest absolute Gasteiger partial charge is 0.274 e. The summed E-state index contributed by atoms with van der Waals surface area (Å²) in [4.78, 5) is 28.1. The lowest BCUT2D eigenvalue weighted by Crippen LogP contribution is -2.22. The van der Waals surface area contributed by atoms with E-state index >= 15 is 0 Å². The van der Waals surface area contributed by atoms with Crippen molar-refractivity contribution in [1.29, 1.82) is 0 Å². The van der Waals surface area contributed by atoms with Crippen LogP contribution in [-0.2, 0) is 9.63 Å². The van der Waals surface area contributed by atoms with Gasteiger partial charge in [-0.1, -0.05) is 0 Å². The largest absolute Gasteiger partial charge is 0.493 e. The predicted octanol–water partition coefficient (Wildman–Crippen LogP) is 2.14. The van der Waals surface area contributed by atoms with Crippen LogP contribution in [0.5, 0.6) is 11.5 Å². The molecule has 25 heavy (non-hydrogen) atoms. The molecular formula is C17H17FN2O5. The van der Waals surface area contributed by atoms with E-state index < -0.39 is 17.6 Å². The number of carbonyl (C=O) groups is 2. The van der Waals surface area contributed by atoms with Crippen LogP contribution in [0.15, 0.2) is 42.5 Å². The first-order valence-electron chi connectivity index (χ1n) is 7.23. The van der Waals surface area contributed by atoms with Gasteiger partial charge in [0.1, 0.15) is 5.82 Å². The lowest BCUT2D eigenvalue weighted by atomic mass is 10.2. The number of ether oxygens (including phenoxy) is 2. The number of halogens is 1. The summed E-state index contributed by atoms with van der Waals surface area (Å²) in [6.45, 7) is -0.280. The highest BCUT2D eigenvalue weighted by Crippen LogP contribution is 2.28. The Bertz CT molecular complexity index is 749. The molecule has 2 aromatic carbocycles. The maximum Gasteiger partial charge on any atom is 0.274 e. The number of carbonyl (C=O) groups excluding carboxylic acids is 2. The number of nitrogens with one attached hydrogen (secondary N) is 2. The van der Waals surface area contributed by atoms with E-state index in [9.17, 15) is 14.0 Å². The molecule has 0 aliphatic rings. The Morgan fingerprint density at radius 2 is 1.76 bits per heavy atom. The van der Waals surface area contributed by atoms with E-state index in [0.29, 0.717) is 22.7 Å². The predicted molar refractivity (Wildman–Crippen MR) is 88.0 cm³/mol. The van der Waals surface area contributed by atoms with Crippen molar-refractivity contribution in [2.75, 3.05) is 26.1 Å². The van der Waals surface area contributed by atoms with Gasteiger partial charge in [-0.15, -0.1) is 0 Å². The van der Waals surface area contributed by atoms with Crippen molar-refractivity contribution in [3.05, 3.63) is 53.8 Å². The normalized spacial score (nSPS) is 10.0. The van der Waals surface area contributed by atoms with Gasteiger partial charge in [-0.25, -0.2) is 9.87 Å². The lowest BCUT2D eigenvalue weighted by molar-refractivity contribution is -0.118. The van der Waals surface area contributed by atoms with E-state index in [2.05, 4.69) is 15.6 Å². The third-order valence-corrected chi connectivity index (χ3v) is 3.11. The number of hydroxylamine groups is 1. The van der Waals surface area contributed by atoms with Gasteiger partial charge in [-0.05, 0) is 42.5 Å². The molecule has 0 unspecified atom stereocenters. The fourth-order valence-corrected chi connectivity index (χ4v) is 1.95. The molecular weight excluding hydrogens is 331 g/mol. The molecule has 0 aromatic heterocycles. The molecule has 0 radical (unpaired) electrons. The summed E-state index contributed by atoms with van der Waals surface area (Å²) < 4.78 is 23.4. The van der Waals surface area contributed by atoms with Crippen molar-refractivity contribution in [2.45, 2.75) is 0 Å². The third-order valence-electron chi connectivity index (χ3n) is 3.11. The summed E-state index contributed by atoms with van der Waals surface area (Å²) in [5, 5.41) is 2.57. The molecule has 8 heteroatoms. The molecule has 0 aliphatic carbocycles. The zero-order chi connectivity index (χ0) is 18.2. The van der Waals surface area contributed by atoms with Crippen LogP contribution < -0.4 is 20.3 Å². The molecule has 0 atom stereocenters. The summed E-state index contributed by atoms with van der Waals surface area (Å²) in [7, 11) is 2.74. The van der Waals surface area contributed by atoms with Gasteiger partial charge in [0.2, 0.25) is 0 Å². The van der Waals surface area contributed by atoms with Gasteiger partial charge in [0.15, 0.2) is 18.1 Å². The molecule has 0 bridgehead atoms. The Morgan fingerprint density at radius 3 is 2.40 bits per heavy atom. The minimum Gasteiger partial charge on any atom is -0.493 e. The van der Waals surface area contributed by atoms with Crippen LogP contribution in [0.1, 0.15) is 10.4 Å². The van der Waals surface area contributed by atoms with Crippen molar-refractivity contribution in [2.24, 2.45) is 0 Å². The number of hydrogen-bond donors (Lipinski definition) is 2. The third kappa shape index (κ3) is 5.18. The van der Waals surface area contributed by atoms with Gasteiger partial charge >= 0.3 is 0 Å². The maximum atomic E-state index is 12.8. The molecule has 2 N–H and O–H groups in total.